The lowest BCUT2D eigenvalue weighted by molar-refractivity contribution is 0.0964. The summed E-state index contributed by atoms with van der Waals surface area (Å²) < 4.78 is 8.20. The smallest absolute Gasteiger partial charge is 0.211 e. The van der Waals surface area contributed by atoms with E-state index in [1.54, 1.807) is 24.6 Å². The molecule has 6 heteroatoms. The van der Waals surface area contributed by atoms with Crippen LogP contribution in [0.1, 0.15) is 34.0 Å². The molecule has 1 aliphatic carbocycles. The first-order valence-electron chi connectivity index (χ1n) is 8.83. The van der Waals surface area contributed by atoms with Crippen molar-refractivity contribution in [2.45, 2.75) is 18.8 Å². The van der Waals surface area contributed by atoms with Crippen molar-refractivity contribution in [2.75, 3.05) is 7.11 Å². The average Bonchev–Trinajstić information content (AvgIpc) is 3.32. The van der Waals surface area contributed by atoms with E-state index in [1.807, 2.05) is 47.1 Å². The van der Waals surface area contributed by atoms with Gasteiger partial charge in [0.2, 0.25) is 5.13 Å². The molecular formula is C21H17N3O2S. The summed E-state index contributed by atoms with van der Waals surface area (Å²) in [5.41, 5.74) is 3.77. The predicted octanol–water partition coefficient (Wildman–Crippen LogP) is 4.40. The van der Waals surface area contributed by atoms with Crippen LogP contribution in [-0.2, 0) is 6.42 Å². The molecule has 1 aliphatic rings. The molecular weight excluding hydrogens is 358 g/mol. The number of para-hydroxylation sites is 1. The fourth-order valence-electron chi connectivity index (χ4n) is 3.67. The van der Waals surface area contributed by atoms with Gasteiger partial charge in [0.1, 0.15) is 5.75 Å². The monoisotopic (exact) mass is 375 g/mol. The van der Waals surface area contributed by atoms with Crippen molar-refractivity contribution in [2.24, 2.45) is 0 Å². The Morgan fingerprint density at radius 3 is 2.70 bits per heavy atom. The van der Waals surface area contributed by atoms with E-state index in [1.165, 1.54) is 0 Å². The third-order valence-electron chi connectivity index (χ3n) is 5.09. The van der Waals surface area contributed by atoms with Crippen molar-refractivity contribution in [1.82, 2.24) is 14.8 Å². The Bertz CT molecular complexity index is 1110. The van der Waals surface area contributed by atoms with E-state index >= 15 is 0 Å². The van der Waals surface area contributed by atoms with E-state index in [4.69, 9.17) is 9.72 Å². The van der Waals surface area contributed by atoms with Gasteiger partial charge in [0.15, 0.2) is 5.78 Å². The van der Waals surface area contributed by atoms with E-state index in [2.05, 4.69) is 11.2 Å². The first kappa shape index (κ1) is 16.2. The molecule has 0 bridgehead atoms. The number of Topliss-reactive ketones (excluding diaryl/α,β-unsaturated/α-hetero) is 1. The van der Waals surface area contributed by atoms with Crippen LogP contribution in [0.15, 0.2) is 54.7 Å². The highest BCUT2D eigenvalue weighted by Gasteiger charge is 2.30. The molecule has 27 heavy (non-hydrogen) atoms. The summed E-state index contributed by atoms with van der Waals surface area (Å²) in [6.45, 7) is 0. The van der Waals surface area contributed by atoms with Gasteiger partial charge >= 0.3 is 0 Å². The van der Waals surface area contributed by atoms with Crippen LogP contribution in [-0.4, -0.2) is 27.7 Å². The Kier molecular flexibility index (Phi) is 3.79. The largest absolute Gasteiger partial charge is 0.497 e. The molecule has 0 amide bonds. The minimum Gasteiger partial charge on any atom is -0.497 e. The van der Waals surface area contributed by atoms with Gasteiger partial charge in [0.25, 0.3) is 0 Å². The molecule has 2 aromatic carbocycles. The molecule has 0 radical (unpaired) electrons. The molecule has 0 fully saturated rings. The fraction of sp³-hybridized carbons (Fsp3) is 0.190. The van der Waals surface area contributed by atoms with Gasteiger partial charge in [-0.2, -0.15) is 5.10 Å². The zero-order chi connectivity index (χ0) is 18.4. The third kappa shape index (κ3) is 2.73. The van der Waals surface area contributed by atoms with Gasteiger partial charge < -0.3 is 4.74 Å². The van der Waals surface area contributed by atoms with Gasteiger partial charge in [-0.05, 0) is 42.2 Å². The number of ketones is 1. The maximum absolute atomic E-state index is 12.7. The quantitative estimate of drug-likeness (QED) is 0.532. The Labute approximate surface area is 160 Å². The molecule has 1 atom stereocenters. The SMILES string of the molecule is COc1ccc([C@H]2CC(=O)c3cnn(-c4nc5ccccc5s4)c3C2)cc1. The average molecular weight is 375 g/mol. The summed E-state index contributed by atoms with van der Waals surface area (Å²) in [5.74, 6) is 1.10. The van der Waals surface area contributed by atoms with Gasteiger partial charge in [-0.1, -0.05) is 35.6 Å². The highest BCUT2D eigenvalue weighted by molar-refractivity contribution is 7.20. The van der Waals surface area contributed by atoms with Gasteiger partial charge in [0.05, 0.1) is 34.8 Å². The second-order valence-corrected chi connectivity index (χ2v) is 7.69. The molecule has 4 aromatic rings. The molecule has 5 nitrogen and oxygen atoms in total. The number of fused-ring (bicyclic) bond motifs is 2. The highest BCUT2D eigenvalue weighted by atomic mass is 32.1. The summed E-state index contributed by atoms with van der Waals surface area (Å²) >= 11 is 1.59. The van der Waals surface area contributed by atoms with Crippen LogP contribution in [0, 0.1) is 0 Å². The summed E-state index contributed by atoms with van der Waals surface area (Å²) in [5, 5.41) is 5.30. The van der Waals surface area contributed by atoms with Crippen molar-refractivity contribution >= 4 is 27.3 Å². The molecule has 0 saturated carbocycles. The standard InChI is InChI=1S/C21H17N3O2S/c1-26-15-8-6-13(7-9-15)14-10-18-16(19(25)11-14)12-22-24(18)21-23-17-4-2-3-5-20(17)27-21/h2-9,12,14H,10-11H2,1H3/t14-/m1/s1. The topological polar surface area (TPSA) is 57.0 Å². The van der Waals surface area contributed by atoms with Crippen LogP contribution in [0.3, 0.4) is 0 Å². The molecule has 0 aliphatic heterocycles. The number of thiazole rings is 1. The Hall–Kier alpha value is -2.99. The van der Waals surface area contributed by atoms with Crippen molar-refractivity contribution in [3.05, 3.63) is 71.5 Å². The van der Waals surface area contributed by atoms with Crippen molar-refractivity contribution in [3.8, 4) is 10.9 Å². The third-order valence-corrected chi connectivity index (χ3v) is 6.10. The summed E-state index contributed by atoms with van der Waals surface area (Å²) in [7, 11) is 1.65. The lowest BCUT2D eigenvalue weighted by Crippen LogP contribution is -2.20. The van der Waals surface area contributed by atoms with Crippen LogP contribution < -0.4 is 4.74 Å². The number of rotatable bonds is 3. The van der Waals surface area contributed by atoms with Crippen molar-refractivity contribution in [1.29, 1.82) is 0 Å². The molecule has 2 heterocycles. The molecule has 0 N–H and O–H groups in total. The normalized spacial score (nSPS) is 16.5. The second kappa shape index (κ2) is 6.32. The van der Waals surface area contributed by atoms with E-state index in [-0.39, 0.29) is 11.7 Å². The van der Waals surface area contributed by atoms with Gasteiger partial charge in [0, 0.05) is 6.42 Å². The Morgan fingerprint density at radius 1 is 1.11 bits per heavy atom. The Balaban J connectivity index is 1.54. The number of nitrogens with zero attached hydrogens (tertiary/aromatic N) is 3. The zero-order valence-corrected chi connectivity index (χ0v) is 15.6. The van der Waals surface area contributed by atoms with Crippen molar-refractivity contribution < 1.29 is 9.53 Å². The summed E-state index contributed by atoms with van der Waals surface area (Å²) in [6.07, 6.45) is 2.96. The molecule has 134 valence electrons. The highest BCUT2D eigenvalue weighted by Crippen LogP contribution is 2.35. The molecule has 0 unspecified atom stereocenters. The van der Waals surface area contributed by atoms with E-state index < -0.39 is 0 Å². The van der Waals surface area contributed by atoms with Gasteiger partial charge in [-0.3, -0.25) is 4.79 Å². The van der Waals surface area contributed by atoms with E-state index in [0.29, 0.717) is 6.42 Å². The van der Waals surface area contributed by atoms with Crippen LogP contribution in [0.2, 0.25) is 0 Å². The second-order valence-electron chi connectivity index (χ2n) is 6.68. The zero-order valence-electron chi connectivity index (χ0n) is 14.8. The van der Waals surface area contributed by atoms with E-state index in [9.17, 15) is 4.79 Å². The summed E-state index contributed by atoms with van der Waals surface area (Å²) in [4.78, 5) is 17.4. The predicted molar refractivity (Wildman–Crippen MR) is 105 cm³/mol. The number of benzene rings is 2. The number of hydrogen-bond donors (Lipinski definition) is 0. The maximum atomic E-state index is 12.7. The number of methoxy groups -OCH3 is 1. The minimum absolute atomic E-state index is 0.140. The fourth-order valence-corrected chi connectivity index (χ4v) is 4.62. The minimum atomic E-state index is 0.140. The number of aromatic nitrogens is 3. The summed E-state index contributed by atoms with van der Waals surface area (Å²) in [6, 6.07) is 16.0. The lowest BCUT2D eigenvalue weighted by Gasteiger charge is -2.22. The molecule has 2 aromatic heterocycles. The van der Waals surface area contributed by atoms with Gasteiger partial charge in [-0.15, -0.1) is 0 Å². The van der Waals surface area contributed by atoms with Crippen LogP contribution in [0.25, 0.3) is 15.3 Å². The number of ether oxygens (including phenoxy) is 1. The number of carbonyl (C=O) groups is 1. The first-order valence-corrected chi connectivity index (χ1v) is 9.64. The van der Waals surface area contributed by atoms with Crippen LogP contribution in [0.4, 0.5) is 0 Å². The Morgan fingerprint density at radius 2 is 1.93 bits per heavy atom. The lowest BCUT2D eigenvalue weighted by atomic mass is 9.82. The molecule has 0 spiro atoms. The van der Waals surface area contributed by atoms with Crippen LogP contribution in [0.5, 0.6) is 5.75 Å². The van der Waals surface area contributed by atoms with Gasteiger partial charge in [-0.25, -0.2) is 9.67 Å². The molecule has 5 rings (SSSR count). The van der Waals surface area contributed by atoms with Crippen LogP contribution >= 0.6 is 11.3 Å². The van der Waals surface area contributed by atoms with Crippen molar-refractivity contribution in [3.63, 3.8) is 0 Å². The van der Waals surface area contributed by atoms with E-state index in [0.717, 1.165) is 44.3 Å². The number of carbonyl (C=O) groups excluding carboxylic acids is 1. The maximum Gasteiger partial charge on any atom is 0.211 e. The molecule has 0 saturated heterocycles. The number of hydrogen-bond acceptors (Lipinski definition) is 5. The first-order chi connectivity index (χ1) is 13.2.